The van der Waals surface area contributed by atoms with Gasteiger partial charge < -0.3 is 10.0 Å². The van der Waals surface area contributed by atoms with E-state index in [4.69, 9.17) is 5.11 Å². The zero-order valence-electron chi connectivity index (χ0n) is 8.33. The molecule has 0 aromatic heterocycles. The van der Waals surface area contributed by atoms with Crippen LogP contribution in [0.2, 0.25) is 0 Å². The molecule has 13 heavy (non-hydrogen) atoms. The third kappa shape index (κ3) is 2.01. The fraction of sp³-hybridized carbons (Fsp3) is 0.455. The molecule has 1 aliphatic heterocycles. The molecule has 0 aliphatic carbocycles. The molecule has 0 radical (unpaired) electrons. The van der Waals surface area contributed by atoms with Gasteiger partial charge in [0, 0.05) is 11.9 Å². The maximum absolute atomic E-state index is 9.15. The van der Waals surface area contributed by atoms with Gasteiger partial charge >= 0.3 is 0 Å². The lowest BCUT2D eigenvalue weighted by molar-refractivity contribution is 0.185. The van der Waals surface area contributed by atoms with E-state index in [1.807, 2.05) is 30.2 Å². The van der Waals surface area contributed by atoms with Crippen molar-refractivity contribution in [2.45, 2.75) is 26.3 Å². The van der Waals surface area contributed by atoms with Crippen LogP contribution in [-0.4, -0.2) is 22.7 Å². The van der Waals surface area contributed by atoms with Crippen molar-refractivity contribution in [3.8, 4) is 0 Å². The molecule has 1 atom stereocenters. The maximum atomic E-state index is 9.15. The van der Waals surface area contributed by atoms with Crippen molar-refractivity contribution < 1.29 is 5.11 Å². The van der Waals surface area contributed by atoms with E-state index in [1.54, 1.807) is 0 Å². The third-order valence-corrected chi connectivity index (χ3v) is 2.44. The first-order valence-corrected chi connectivity index (χ1v) is 4.64. The zero-order chi connectivity index (χ0) is 9.84. The highest BCUT2D eigenvalue weighted by molar-refractivity contribution is 5.34. The maximum Gasteiger partial charge on any atom is 0.0638 e. The number of hydrogen-bond acceptors (Lipinski definition) is 2. The van der Waals surface area contributed by atoms with Crippen molar-refractivity contribution in [2.75, 3.05) is 6.61 Å². The summed E-state index contributed by atoms with van der Waals surface area (Å²) in [6.45, 7) is 8.26. The predicted octanol–water partition coefficient (Wildman–Crippen LogP) is 2.05. The van der Waals surface area contributed by atoms with Crippen LogP contribution in [0.15, 0.2) is 36.2 Å². The van der Waals surface area contributed by atoms with E-state index in [1.165, 1.54) is 0 Å². The highest BCUT2D eigenvalue weighted by Crippen LogP contribution is 2.21. The van der Waals surface area contributed by atoms with Gasteiger partial charge in [-0.05, 0) is 25.0 Å². The minimum absolute atomic E-state index is 0.160. The number of allylic oxidation sites excluding steroid dienone is 3. The van der Waals surface area contributed by atoms with E-state index in [2.05, 4.69) is 13.5 Å². The molecule has 1 N–H and O–H groups in total. The molecule has 0 spiro atoms. The molecule has 1 rings (SSSR count). The molecule has 72 valence electrons. The average molecular weight is 179 g/mol. The topological polar surface area (TPSA) is 23.5 Å². The molecular weight excluding hydrogens is 162 g/mol. The van der Waals surface area contributed by atoms with Gasteiger partial charge in [0.15, 0.2) is 0 Å². The van der Waals surface area contributed by atoms with Crippen molar-refractivity contribution in [1.29, 1.82) is 0 Å². The molecule has 0 aromatic rings. The van der Waals surface area contributed by atoms with Crippen LogP contribution in [-0.2, 0) is 0 Å². The van der Waals surface area contributed by atoms with Gasteiger partial charge in [0.2, 0.25) is 0 Å². The molecule has 2 heteroatoms. The number of aliphatic hydroxyl groups is 1. The fourth-order valence-corrected chi connectivity index (χ4v) is 1.43. The Balaban J connectivity index is 2.77. The Bertz CT molecular complexity index is 249. The average Bonchev–Trinajstić information content (AvgIpc) is 2.14. The van der Waals surface area contributed by atoms with E-state index >= 15 is 0 Å². The van der Waals surface area contributed by atoms with E-state index in [9.17, 15) is 0 Å². The van der Waals surface area contributed by atoms with Crippen LogP contribution in [0.5, 0.6) is 0 Å². The SMILES string of the molecule is C=C1C(C)=CC=CN1C(CC)CO. The van der Waals surface area contributed by atoms with Crippen LogP contribution < -0.4 is 0 Å². The van der Waals surface area contributed by atoms with Crippen molar-refractivity contribution in [3.63, 3.8) is 0 Å². The predicted molar refractivity (Wildman–Crippen MR) is 55.0 cm³/mol. The van der Waals surface area contributed by atoms with Gasteiger partial charge in [-0.15, -0.1) is 0 Å². The summed E-state index contributed by atoms with van der Waals surface area (Å²) in [7, 11) is 0. The lowest BCUT2D eigenvalue weighted by Crippen LogP contribution is -2.33. The fourth-order valence-electron chi connectivity index (χ4n) is 1.43. The summed E-state index contributed by atoms with van der Waals surface area (Å²) >= 11 is 0. The summed E-state index contributed by atoms with van der Waals surface area (Å²) in [5.74, 6) is 0. The highest BCUT2D eigenvalue weighted by Gasteiger charge is 2.17. The minimum Gasteiger partial charge on any atom is -0.394 e. The van der Waals surface area contributed by atoms with Crippen LogP contribution in [0.1, 0.15) is 20.3 Å². The van der Waals surface area contributed by atoms with Crippen molar-refractivity contribution >= 4 is 0 Å². The minimum atomic E-state index is 0.160. The molecule has 0 bridgehead atoms. The quantitative estimate of drug-likeness (QED) is 0.716. The van der Waals surface area contributed by atoms with Gasteiger partial charge in [0.05, 0.1) is 12.6 Å². The Morgan fingerprint density at radius 2 is 2.31 bits per heavy atom. The molecule has 0 fully saturated rings. The second-order valence-corrected chi connectivity index (χ2v) is 3.29. The van der Waals surface area contributed by atoms with E-state index in [-0.39, 0.29) is 12.6 Å². The Morgan fingerprint density at radius 3 is 2.85 bits per heavy atom. The summed E-state index contributed by atoms with van der Waals surface area (Å²) in [5.41, 5.74) is 2.15. The van der Waals surface area contributed by atoms with Crippen LogP contribution in [0.25, 0.3) is 0 Å². The van der Waals surface area contributed by atoms with E-state index in [0.29, 0.717) is 0 Å². The van der Waals surface area contributed by atoms with Crippen LogP contribution in [0, 0.1) is 0 Å². The summed E-state index contributed by atoms with van der Waals surface area (Å²) in [4.78, 5) is 2.04. The van der Waals surface area contributed by atoms with Gasteiger partial charge in [-0.1, -0.05) is 19.6 Å². The highest BCUT2D eigenvalue weighted by atomic mass is 16.3. The smallest absolute Gasteiger partial charge is 0.0638 e. The van der Waals surface area contributed by atoms with Crippen LogP contribution >= 0.6 is 0 Å². The largest absolute Gasteiger partial charge is 0.394 e. The molecule has 0 aromatic carbocycles. The molecule has 0 saturated heterocycles. The molecule has 0 amide bonds. The standard InChI is InChI=1S/C11H17NO/c1-4-11(8-13)12-7-5-6-9(2)10(12)3/h5-7,11,13H,3-4,8H2,1-2H3. The lowest BCUT2D eigenvalue weighted by Gasteiger charge is -2.32. The second-order valence-electron chi connectivity index (χ2n) is 3.29. The van der Waals surface area contributed by atoms with Gasteiger partial charge in [0.1, 0.15) is 0 Å². The van der Waals surface area contributed by atoms with E-state index < -0.39 is 0 Å². The summed E-state index contributed by atoms with van der Waals surface area (Å²) < 4.78 is 0. The van der Waals surface area contributed by atoms with Crippen molar-refractivity contribution in [3.05, 3.63) is 36.2 Å². The van der Waals surface area contributed by atoms with Crippen LogP contribution in [0.3, 0.4) is 0 Å². The Kier molecular flexibility index (Phi) is 3.32. The lowest BCUT2D eigenvalue weighted by atomic mass is 10.1. The monoisotopic (exact) mass is 179 g/mol. The van der Waals surface area contributed by atoms with Crippen LogP contribution in [0.4, 0.5) is 0 Å². The molecule has 2 nitrogen and oxygen atoms in total. The van der Waals surface area contributed by atoms with Gasteiger partial charge in [-0.3, -0.25) is 0 Å². The normalized spacial score (nSPS) is 18.8. The van der Waals surface area contributed by atoms with E-state index in [0.717, 1.165) is 17.7 Å². The Labute approximate surface area is 79.9 Å². The van der Waals surface area contributed by atoms with Gasteiger partial charge in [-0.2, -0.15) is 0 Å². The molecule has 0 saturated carbocycles. The van der Waals surface area contributed by atoms with Gasteiger partial charge in [0.25, 0.3) is 0 Å². The first-order valence-electron chi connectivity index (χ1n) is 4.64. The Morgan fingerprint density at radius 1 is 1.62 bits per heavy atom. The second kappa shape index (κ2) is 4.28. The van der Waals surface area contributed by atoms with Crippen molar-refractivity contribution in [1.82, 2.24) is 4.90 Å². The number of hydrogen-bond donors (Lipinski definition) is 1. The summed E-state index contributed by atoms with van der Waals surface area (Å²) in [6, 6.07) is 0.160. The van der Waals surface area contributed by atoms with Crippen molar-refractivity contribution in [2.24, 2.45) is 0 Å². The number of nitrogens with zero attached hydrogens (tertiary/aromatic N) is 1. The number of rotatable bonds is 3. The first-order chi connectivity index (χ1) is 6.20. The zero-order valence-corrected chi connectivity index (χ0v) is 8.33. The molecular formula is C11H17NO. The molecule has 1 aliphatic rings. The third-order valence-electron chi connectivity index (χ3n) is 2.44. The molecule has 1 unspecified atom stereocenters. The summed E-state index contributed by atoms with van der Waals surface area (Å²) in [6.07, 6.45) is 6.91. The summed E-state index contributed by atoms with van der Waals surface area (Å²) in [5, 5.41) is 9.15. The first kappa shape index (κ1) is 10.1. The number of aliphatic hydroxyl groups excluding tert-OH is 1. The van der Waals surface area contributed by atoms with Gasteiger partial charge in [-0.25, -0.2) is 0 Å². The molecule has 1 heterocycles. The Hall–Kier alpha value is -1.02.